The number of benzene rings is 1. The summed E-state index contributed by atoms with van der Waals surface area (Å²) in [5, 5.41) is 11.1. The van der Waals surface area contributed by atoms with Crippen molar-refractivity contribution in [1.29, 1.82) is 0 Å². The Bertz CT molecular complexity index is 1020. The maximum Gasteiger partial charge on any atom is 0.255 e. The van der Waals surface area contributed by atoms with E-state index in [9.17, 15) is 24.0 Å². The van der Waals surface area contributed by atoms with E-state index in [-0.39, 0.29) is 49.7 Å². The molecule has 0 aliphatic carbocycles. The van der Waals surface area contributed by atoms with Crippen molar-refractivity contribution in [2.45, 2.75) is 64.0 Å². The van der Waals surface area contributed by atoms with Crippen molar-refractivity contribution < 1.29 is 28.8 Å². The van der Waals surface area contributed by atoms with Crippen molar-refractivity contribution >= 4 is 35.2 Å². The Hall–Kier alpha value is -3.51. The van der Waals surface area contributed by atoms with E-state index in [0.29, 0.717) is 30.8 Å². The fourth-order valence-corrected chi connectivity index (χ4v) is 4.59. The molecule has 2 aliphatic rings. The van der Waals surface area contributed by atoms with E-state index >= 15 is 0 Å². The molecule has 1 unspecified atom stereocenters. The van der Waals surface area contributed by atoms with Crippen LogP contribution < -0.4 is 26.7 Å². The highest BCUT2D eigenvalue weighted by Gasteiger charge is 2.39. The predicted molar refractivity (Wildman–Crippen MR) is 140 cm³/mol. The van der Waals surface area contributed by atoms with Crippen LogP contribution in [0.15, 0.2) is 18.2 Å². The minimum Gasteiger partial charge on any atom is -0.376 e. The van der Waals surface area contributed by atoms with Crippen LogP contribution >= 0.6 is 0 Å². The molecule has 1 aromatic carbocycles. The van der Waals surface area contributed by atoms with Gasteiger partial charge in [-0.2, -0.15) is 0 Å². The number of unbranched alkanes of at least 4 members (excludes halogenated alkanes) is 5. The number of rotatable bonds is 16. The first-order valence-electron chi connectivity index (χ1n) is 13.2. The van der Waals surface area contributed by atoms with Gasteiger partial charge in [0.15, 0.2) is 0 Å². The second-order valence-electron chi connectivity index (χ2n) is 9.40. The van der Waals surface area contributed by atoms with Gasteiger partial charge in [-0.3, -0.25) is 34.1 Å². The summed E-state index contributed by atoms with van der Waals surface area (Å²) >= 11 is 0. The molecule has 5 N–H and O–H groups in total. The Kier molecular flexibility index (Phi) is 11.5. The Balaban J connectivity index is 1.29. The van der Waals surface area contributed by atoms with Crippen LogP contribution in [0.5, 0.6) is 0 Å². The normalized spacial score (nSPS) is 16.7. The van der Waals surface area contributed by atoms with Crippen LogP contribution in [0.4, 0.5) is 5.69 Å². The van der Waals surface area contributed by atoms with Gasteiger partial charge in [-0.15, -0.1) is 0 Å². The summed E-state index contributed by atoms with van der Waals surface area (Å²) in [6.45, 7) is 1.57. The number of hydrogen-bond donors (Lipinski definition) is 5. The highest BCUT2D eigenvalue weighted by molar-refractivity contribution is 6.06. The summed E-state index contributed by atoms with van der Waals surface area (Å²) in [6.07, 6.45) is 6.52. The van der Waals surface area contributed by atoms with E-state index < -0.39 is 11.9 Å². The largest absolute Gasteiger partial charge is 0.376 e. The maximum absolute atomic E-state index is 12.9. The van der Waals surface area contributed by atoms with E-state index in [1.165, 1.54) is 4.90 Å². The first kappa shape index (κ1) is 29.1. The Morgan fingerprint density at radius 1 is 1.00 bits per heavy atom. The van der Waals surface area contributed by atoms with Crippen LogP contribution in [0.2, 0.25) is 0 Å². The molecule has 0 radical (unpaired) electrons. The highest BCUT2D eigenvalue weighted by atomic mass is 16.6. The summed E-state index contributed by atoms with van der Waals surface area (Å²) < 4.78 is 0. The minimum atomic E-state index is -0.673. The quantitative estimate of drug-likeness (QED) is 0.118. The van der Waals surface area contributed by atoms with Crippen LogP contribution in [-0.4, -0.2) is 73.8 Å². The molecule has 0 aromatic heterocycles. The first-order valence-corrected chi connectivity index (χ1v) is 13.2. The molecule has 2 aliphatic heterocycles. The first-order chi connectivity index (χ1) is 18.4. The monoisotopic (exact) mass is 530 g/mol. The second kappa shape index (κ2) is 15.0. The molecule has 0 saturated carbocycles. The lowest BCUT2D eigenvalue weighted by molar-refractivity contribution is -0.137. The molecule has 5 amide bonds. The average Bonchev–Trinajstić information content (AvgIpc) is 3.23. The smallest absolute Gasteiger partial charge is 0.255 e. The average molecular weight is 531 g/mol. The third kappa shape index (κ3) is 8.52. The number of imide groups is 1. The zero-order chi connectivity index (χ0) is 27.3. The summed E-state index contributed by atoms with van der Waals surface area (Å²) in [7, 11) is 1.61. The zero-order valence-electron chi connectivity index (χ0n) is 21.9. The number of nitrogens with one attached hydrogen (secondary N) is 5. The van der Waals surface area contributed by atoms with Crippen LogP contribution in [0.3, 0.4) is 0 Å². The van der Waals surface area contributed by atoms with Gasteiger partial charge in [0.25, 0.3) is 5.91 Å². The van der Waals surface area contributed by atoms with E-state index in [4.69, 9.17) is 4.84 Å². The number of carbonyl (C=O) groups is 5. The SMILES string of the molecule is CNOCC(=O)NCCCCCCCCNC(=O)CNc1cccc2c1CN(C1CCC(=O)NC1=O)C2=O. The van der Waals surface area contributed by atoms with Crippen molar-refractivity contribution in [2.75, 3.05) is 38.6 Å². The van der Waals surface area contributed by atoms with Gasteiger partial charge in [0.1, 0.15) is 12.6 Å². The summed E-state index contributed by atoms with van der Waals surface area (Å²) in [6, 6.07) is 4.60. The minimum absolute atomic E-state index is 0.00806. The molecule has 1 fully saturated rings. The van der Waals surface area contributed by atoms with Crippen molar-refractivity contribution in [2.24, 2.45) is 0 Å². The highest BCUT2D eigenvalue weighted by Crippen LogP contribution is 2.32. The Morgan fingerprint density at radius 3 is 2.37 bits per heavy atom. The van der Waals surface area contributed by atoms with Gasteiger partial charge in [-0.05, 0) is 31.4 Å². The van der Waals surface area contributed by atoms with E-state index in [1.54, 1.807) is 19.2 Å². The number of fused-ring (bicyclic) bond motifs is 1. The van der Waals surface area contributed by atoms with Crippen LogP contribution in [-0.2, 0) is 30.6 Å². The number of hydrogen-bond acceptors (Lipinski definition) is 8. The summed E-state index contributed by atoms with van der Waals surface area (Å²) in [4.78, 5) is 66.6. The summed E-state index contributed by atoms with van der Waals surface area (Å²) in [5.74, 6) is -1.28. The molecule has 0 spiro atoms. The molecule has 1 atom stereocenters. The lowest BCUT2D eigenvalue weighted by atomic mass is 10.0. The van der Waals surface area contributed by atoms with Gasteiger partial charge in [0.05, 0.1) is 6.54 Å². The molecule has 0 bridgehead atoms. The lowest BCUT2D eigenvalue weighted by Crippen LogP contribution is -2.52. The number of anilines is 1. The van der Waals surface area contributed by atoms with Gasteiger partial charge in [0, 0.05) is 49.9 Å². The fraction of sp³-hybridized carbons (Fsp3) is 0.577. The fourth-order valence-electron chi connectivity index (χ4n) is 4.59. The molecule has 1 saturated heterocycles. The van der Waals surface area contributed by atoms with Crippen molar-refractivity contribution in [3.63, 3.8) is 0 Å². The topological polar surface area (TPSA) is 158 Å². The number of amides is 5. The van der Waals surface area contributed by atoms with Gasteiger partial charge < -0.3 is 20.9 Å². The molecule has 208 valence electrons. The van der Waals surface area contributed by atoms with E-state index in [2.05, 4.69) is 26.7 Å². The van der Waals surface area contributed by atoms with Gasteiger partial charge >= 0.3 is 0 Å². The molecule has 38 heavy (non-hydrogen) atoms. The lowest BCUT2D eigenvalue weighted by Gasteiger charge is -2.29. The van der Waals surface area contributed by atoms with Gasteiger partial charge in [-0.1, -0.05) is 31.7 Å². The van der Waals surface area contributed by atoms with Crippen molar-refractivity contribution in [3.05, 3.63) is 29.3 Å². The van der Waals surface area contributed by atoms with Crippen molar-refractivity contribution in [1.82, 2.24) is 26.3 Å². The number of carbonyl (C=O) groups excluding carboxylic acids is 5. The molecule has 1 aromatic rings. The van der Waals surface area contributed by atoms with Gasteiger partial charge in [0.2, 0.25) is 23.6 Å². The third-order valence-corrected chi connectivity index (χ3v) is 6.62. The second-order valence-corrected chi connectivity index (χ2v) is 9.40. The Labute approximate surface area is 222 Å². The standard InChI is InChI=1S/C26H38N6O6/c1-27-38-17-24(35)29-14-7-5-3-2-4-6-13-28-23(34)15-30-20-10-8-9-18-19(20)16-32(26(18)37)21-11-12-22(33)31-25(21)36/h8-10,21,27,30H,2-7,11-17H2,1H3,(H,28,34)(H,29,35)(H,31,33,36). The van der Waals surface area contributed by atoms with Crippen LogP contribution in [0.25, 0.3) is 0 Å². The summed E-state index contributed by atoms with van der Waals surface area (Å²) in [5.41, 5.74) is 4.40. The third-order valence-electron chi connectivity index (χ3n) is 6.62. The molecule has 12 heteroatoms. The molecule has 3 rings (SSSR count). The van der Waals surface area contributed by atoms with E-state index in [0.717, 1.165) is 44.1 Å². The van der Waals surface area contributed by atoms with Crippen LogP contribution in [0.1, 0.15) is 67.3 Å². The number of hydroxylamine groups is 1. The van der Waals surface area contributed by atoms with E-state index in [1.807, 2.05) is 6.07 Å². The molecule has 2 heterocycles. The van der Waals surface area contributed by atoms with Crippen molar-refractivity contribution in [3.8, 4) is 0 Å². The maximum atomic E-state index is 12.9. The zero-order valence-corrected chi connectivity index (χ0v) is 21.9. The Morgan fingerprint density at radius 2 is 1.68 bits per heavy atom. The predicted octanol–water partition coefficient (Wildman–Crippen LogP) is 0.584. The van der Waals surface area contributed by atoms with Gasteiger partial charge in [-0.25, -0.2) is 5.48 Å². The molecular weight excluding hydrogens is 492 g/mol. The molecular formula is C26H38N6O6. The number of piperidine rings is 1. The molecule has 12 nitrogen and oxygen atoms in total. The number of nitrogens with zero attached hydrogens (tertiary/aromatic N) is 1. The van der Waals surface area contributed by atoms with Crippen LogP contribution in [0, 0.1) is 0 Å².